The van der Waals surface area contributed by atoms with Crippen LogP contribution in [0.25, 0.3) is 0 Å². The fraction of sp³-hybridized carbons (Fsp3) is 0.556. The van der Waals surface area contributed by atoms with Crippen LogP contribution in [-0.4, -0.2) is 19.0 Å². The van der Waals surface area contributed by atoms with Gasteiger partial charge >= 0.3 is 0 Å². The lowest BCUT2D eigenvalue weighted by Gasteiger charge is -2.19. The van der Waals surface area contributed by atoms with Gasteiger partial charge in [0.1, 0.15) is 5.94 Å². The molecule has 2 nitrogen and oxygen atoms in total. The van der Waals surface area contributed by atoms with Crippen LogP contribution in [-0.2, 0) is 4.79 Å². The van der Waals surface area contributed by atoms with Gasteiger partial charge in [0.15, 0.2) is 0 Å². The van der Waals surface area contributed by atoms with E-state index in [-0.39, 0.29) is 0 Å². The molecule has 1 fully saturated rings. The van der Waals surface area contributed by atoms with Gasteiger partial charge in [-0.15, -0.1) is 0 Å². The molecule has 58 valence electrons. The lowest BCUT2D eigenvalue weighted by molar-refractivity contribution is 0.471. The molecule has 0 aromatic rings. The minimum absolute atomic E-state index is 0.442. The van der Waals surface area contributed by atoms with Crippen molar-refractivity contribution < 1.29 is 4.79 Å². The summed E-state index contributed by atoms with van der Waals surface area (Å²) in [4.78, 5) is 10.5. The molecular formula is C9H11NO. The van der Waals surface area contributed by atoms with E-state index >= 15 is 0 Å². The zero-order chi connectivity index (χ0) is 7.68. The Balaban J connectivity index is 2.29. The molecule has 2 aliphatic rings. The van der Waals surface area contributed by atoms with E-state index in [0.29, 0.717) is 11.8 Å². The summed E-state index contributed by atoms with van der Waals surface area (Å²) in [5, 5.41) is 3.29. The van der Waals surface area contributed by atoms with Crippen molar-refractivity contribution in [3.8, 4) is 0 Å². The van der Waals surface area contributed by atoms with E-state index in [1.807, 2.05) is 12.0 Å². The molecule has 2 heteroatoms. The highest BCUT2D eigenvalue weighted by atomic mass is 16.1. The first-order chi connectivity index (χ1) is 5.42. The maximum Gasteiger partial charge on any atom is 0.128 e. The van der Waals surface area contributed by atoms with Crippen LogP contribution in [0.5, 0.6) is 0 Å². The topological polar surface area (TPSA) is 29.1 Å². The van der Waals surface area contributed by atoms with Crippen molar-refractivity contribution in [1.29, 1.82) is 0 Å². The number of fused-ring (bicyclic) bond motifs is 1. The van der Waals surface area contributed by atoms with E-state index in [1.54, 1.807) is 0 Å². The lowest BCUT2D eigenvalue weighted by Crippen LogP contribution is -2.16. The quantitative estimate of drug-likeness (QED) is 0.509. The SMILES string of the molecule is O=C=C1C=CCC2CNCC12. The molecule has 1 N–H and O–H groups in total. The molecule has 1 saturated heterocycles. The van der Waals surface area contributed by atoms with Gasteiger partial charge in [-0.1, -0.05) is 12.2 Å². The summed E-state index contributed by atoms with van der Waals surface area (Å²) < 4.78 is 0. The van der Waals surface area contributed by atoms with Crippen LogP contribution in [0.2, 0.25) is 0 Å². The molecule has 2 rings (SSSR count). The van der Waals surface area contributed by atoms with Gasteiger partial charge in [-0.3, -0.25) is 0 Å². The van der Waals surface area contributed by atoms with Crippen molar-refractivity contribution in [3.05, 3.63) is 17.7 Å². The fourth-order valence-electron chi connectivity index (χ4n) is 1.95. The van der Waals surface area contributed by atoms with Gasteiger partial charge in [0, 0.05) is 18.0 Å². The molecular weight excluding hydrogens is 138 g/mol. The second-order valence-electron chi connectivity index (χ2n) is 3.22. The summed E-state index contributed by atoms with van der Waals surface area (Å²) in [5.74, 6) is 3.11. The van der Waals surface area contributed by atoms with Gasteiger partial charge in [-0.05, 0) is 18.9 Å². The van der Waals surface area contributed by atoms with Crippen molar-refractivity contribution in [2.75, 3.05) is 13.1 Å². The molecule has 1 aliphatic carbocycles. The summed E-state index contributed by atoms with van der Waals surface area (Å²) in [7, 11) is 0. The second kappa shape index (κ2) is 2.65. The van der Waals surface area contributed by atoms with Gasteiger partial charge in [-0.2, -0.15) is 0 Å². The standard InChI is InChI=1S/C9H11NO/c11-6-8-3-1-2-7-4-10-5-9(7)8/h1,3,7,9-10H,2,4-5H2. The van der Waals surface area contributed by atoms with Gasteiger partial charge in [0.25, 0.3) is 0 Å². The normalized spacial score (nSPS) is 35.1. The predicted octanol–water partition coefficient (Wildman–Crippen LogP) is 0.540. The number of hydrogen-bond donors (Lipinski definition) is 1. The van der Waals surface area contributed by atoms with Crippen LogP contribution < -0.4 is 5.32 Å². The first-order valence-electron chi connectivity index (χ1n) is 4.04. The molecule has 1 aliphatic heterocycles. The number of allylic oxidation sites excluding steroid dienone is 2. The minimum atomic E-state index is 0.442. The number of rotatable bonds is 0. The van der Waals surface area contributed by atoms with E-state index in [2.05, 4.69) is 11.4 Å². The Hall–Kier alpha value is -0.850. The molecule has 0 spiro atoms. The average Bonchev–Trinajstić information content (AvgIpc) is 2.50. The third-order valence-electron chi connectivity index (χ3n) is 2.59. The van der Waals surface area contributed by atoms with Crippen molar-refractivity contribution in [3.63, 3.8) is 0 Å². The van der Waals surface area contributed by atoms with E-state index in [0.717, 1.165) is 25.1 Å². The van der Waals surface area contributed by atoms with Gasteiger partial charge in [0.05, 0.1) is 0 Å². The number of nitrogens with one attached hydrogen (secondary N) is 1. The first-order valence-corrected chi connectivity index (χ1v) is 4.04. The third kappa shape index (κ3) is 1.05. The van der Waals surface area contributed by atoms with Gasteiger partial charge in [0.2, 0.25) is 0 Å². The fourth-order valence-corrected chi connectivity index (χ4v) is 1.95. The number of hydrogen-bond acceptors (Lipinski definition) is 2. The Labute approximate surface area is 66.0 Å². The highest BCUT2D eigenvalue weighted by Crippen LogP contribution is 2.30. The Morgan fingerprint density at radius 2 is 2.45 bits per heavy atom. The molecule has 1 heterocycles. The van der Waals surface area contributed by atoms with Crippen LogP contribution in [0.15, 0.2) is 17.7 Å². The maximum absolute atomic E-state index is 10.5. The van der Waals surface area contributed by atoms with Crippen molar-refractivity contribution in [2.24, 2.45) is 11.8 Å². The van der Waals surface area contributed by atoms with E-state index < -0.39 is 0 Å². The largest absolute Gasteiger partial charge is 0.316 e. The van der Waals surface area contributed by atoms with E-state index in [1.165, 1.54) is 0 Å². The monoisotopic (exact) mass is 149 g/mol. The summed E-state index contributed by atoms with van der Waals surface area (Å²) in [6, 6.07) is 0. The molecule has 0 aromatic heterocycles. The second-order valence-corrected chi connectivity index (χ2v) is 3.22. The summed E-state index contributed by atoms with van der Waals surface area (Å²) in [6.07, 6.45) is 5.11. The predicted molar refractivity (Wildman–Crippen MR) is 42.8 cm³/mol. The van der Waals surface area contributed by atoms with Crippen LogP contribution >= 0.6 is 0 Å². The van der Waals surface area contributed by atoms with E-state index in [9.17, 15) is 4.79 Å². The van der Waals surface area contributed by atoms with Crippen LogP contribution in [0.3, 0.4) is 0 Å². The third-order valence-corrected chi connectivity index (χ3v) is 2.59. The van der Waals surface area contributed by atoms with Crippen LogP contribution in [0.1, 0.15) is 6.42 Å². The minimum Gasteiger partial charge on any atom is -0.316 e. The summed E-state index contributed by atoms with van der Waals surface area (Å²) in [5.41, 5.74) is 0.853. The summed E-state index contributed by atoms with van der Waals surface area (Å²) in [6.45, 7) is 2.01. The Morgan fingerprint density at radius 1 is 1.55 bits per heavy atom. The van der Waals surface area contributed by atoms with E-state index in [4.69, 9.17) is 0 Å². The average molecular weight is 149 g/mol. The molecule has 0 amide bonds. The highest BCUT2D eigenvalue weighted by molar-refractivity contribution is 5.59. The Morgan fingerprint density at radius 3 is 3.27 bits per heavy atom. The highest BCUT2D eigenvalue weighted by Gasteiger charge is 2.30. The molecule has 0 bridgehead atoms. The van der Waals surface area contributed by atoms with Crippen molar-refractivity contribution >= 4 is 5.94 Å². The first kappa shape index (κ1) is 6.84. The van der Waals surface area contributed by atoms with Crippen LogP contribution in [0.4, 0.5) is 0 Å². The van der Waals surface area contributed by atoms with Gasteiger partial charge < -0.3 is 5.32 Å². The molecule has 2 unspecified atom stereocenters. The molecule has 0 aromatic carbocycles. The maximum atomic E-state index is 10.5. The van der Waals surface area contributed by atoms with Gasteiger partial charge in [-0.25, -0.2) is 4.79 Å². The van der Waals surface area contributed by atoms with Crippen molar-refractivity contribution in [2.45, 2.75) is 6.42 Å². The Kier molecular flexibility index (Phi) is 1.65. The number of carbonyl (C=O) groups excluding carboxylic acids is 1. The zero-order valence-corrected chi connectivity index (χ0v) is 6.34. The molecule has 11 heavy (non-hydrogen) atoms. The van der Waals surface area contributed by atoms with Crippen molar-refractivity contribution in [1.82, 2.24) is 5.32 Å². The zero-order valence-electron chi connectivity index (χ0n) is 6.34. The van der Waals surface area contributed by atoms with Crippen LogP contribution in [0, 0.1) is 11.8 Å². The summed E-state index contributed by atoms with van der Waals surface area (Å²) >= 11 is 0. The molecule has 2 atom stereocenters. The molecule has 0 radical (unpaired) electrons. The Bertz CT molecular complexity index is 238. The molecule has 0 saturated carbocycles. The smallest absolute Gasteiger partial charge is 0.128 e. The lowest BCUT2D eigenvalue weighted by atomic mass is 9.83.